The number of halogens is 6. The predicted octanol–water partition coefficient (Wildman–Crippen LogP) is 3.76. The monoisotopic (exact) mass is 648 g/mol. The van der Waals surface area contributed by atoms with E-state index in [0.717, 1.165) is 0 Å². The van der Waals surface area contributed by atoms with Crippen LogP contribution in [0.25, 0.3) is 0 Å². The SMILES string of the molecule is C=IC(F)(C(C)(F)[C@]1(O)OC1=O)C(F)(F)S(=O)(=O)Oc1c(COCC)cc(Cl)cc1COCC. The molecule has 3 atom stereocenters. The number of rotatable bonds is 13. The Hall–Kier alpha value is -1.07. The van der Waals surface area contributed by atoms with Crippen molar-refractivity contribution in [1.29, 1.82) is 0 Å². The van der Waals surface area contributed by atoms with Gasteiger partial charge in [-0.05, 0) is 32.9 Å². The third-order valence-electron chi connectivity index (χ3n) is 4.89. The van der Waals surface area contributed by atoms with Crippen molar-refractivity contribution in [2.75, 3.05) is 13.2 Å². The highest BCUT2D eigenvalue weighted by molar-refractivity contribution is 14.2. The van der Waals surface area contributed by atoms with Gasteiger partial charge in [0.2, 0.25) is 5.67 Å². The van der Waals surface area contributed by atoms with Gasteiger partial charge in [-0.1, -0.05) is 36.8 Å². The van der Waals surface area contributed by atoms with Gasteiger partial charge in [0, 0.05) is 29.4 Å². The smallest absolute Gasteiger partial charge is 0.413 e. The van der Waals surface area contributed by atoms with Crippen LogP contribution in [0.5, 0.6) is 5.75 Å². The van der Waals surface area contributed by atoms with Crippen LogP contribution in [0.1, 0.15) is 31.9 Å². The highest BCUT2D eigenvalue weighted by Crippen LogP contribution is 2.60. The van der Waals surface area contributed by atoms with Crippen LogP contribution in [-0.4, -0.2) is 57.6 Å². The van der Waals surface area contributed by atoms with Crippen molar-refractivity contribution in [3.05, 3.63) is 28.3 Å². The van der Waals surface area contributed by atoms with E-state index in [1.807, 2.05) is 0 Å². The van der Waals surface area contributed by atoms with Gasteiger partial charge in [-0.15, -0.1) is 0 Å². The zero-order valence-electron chi connectivity index (χ0n) is 18.2. The fourth-order valence-corrected chi connectivity index (χ4v) is 6.87. The van der Waals surface area contributed by atoms with Crippen LogP contribution >= 0.6 is 32.3 Å². The lowest BCUT2D eigenvalue weighted by molar-refractivity contribution is -0.175. The minimum absolute atomic E-state index is 0.0762. The molecule has 0 bridgehead atoms. The Bertz CT molecular complexity index is 1040. The number of hydrogen-bond donors (Lipinski definition) is 1. The summed E-state index contributed by atoms with van der Waals surface area (Å²) >= 11 is 3.10. The quantitative estimate of drug-likeness (QED) is 0.113. The molecule has 15 heteroatoms. The Morgan fingerprint density at radius 1 is 1.15 bits per heavy atom. The molecule has 1 aliphatic rings. The first-order valence-electron chi connectivity index (χ1n) is 9.58. The lowest BCUT2D eigenvalue weighted by Gasteiger charge is -2.37. The molecule has 1 N–H and O–H groups in total. The lowest BCUT2D eigenvalue weighted by Crippen LogP contribution is -2.64. The van der Waals surface area contributed by atoms with Crippen LogP contribution in [0.15, 0.2) is 12.1 Å². The van der Waals surface area contributed by atoms with Crippen LogP contribution in [0.2, 0.25) is 5.02 Å². The normalized spacial score (nSPS) is 22.0. The van der Waals surface area contributed by atoms with E-state index < -0.39 is 63.0 Å². The van der Waals surface area contributed by atoms with Crippen molar-refractivity contribution in [3.63, 3.8) is 0 Å². The molecular formula is C19H22ClF4IO8S. The summed E-state index contributed by atoms with van der Waals surface area (Å²) in [5.41, 5.74) is -4.35. The number of hydrogen-bond acceptors (Lipinski definition) is 8. The van der Waals surface area contributed by atoms with Crippen molar-refractivity contribution < 1.29 is 54.3 Å². The summed E-state index contributed by atoms with van der Waals surface area (Å²) in [4.78, 5) is 11.3. The standard InChI is InChI=1S/C19H22ClF4IO8S/c1-5-30-9-11-7-13(20)8-12(10-31-6-2)14(11)33-34(28,29)19(23,24)18(22,25-4)16(3,21)17(27)15(26)32-17/h7-8,27H,4-6,9-10H2,1-3H3/t16?,17-,18?/m1/s1. The average molecular weight is 649 g/mol. The summed E-state index contributed by atoms with van der Waals surface area (Å²) in [6.45, 7) is 2.98. The molecule has 1 saturated heterocycles. The molecule has 0 saturated carbocycles. The van der Waals surface area contributed by atoms with Gasteiger partial charge in [0.15, 0.2) is 5.75 Å². The van der Waals surface area contributed by atoms with Crippen molar-refractivity contribution in [1.82, 2.24) is 0 Å². The van der Waals surface area contributed by atoms with Crippen LogP contribution in [-0.2, 0) is 42.3 Å². The van der Waals surface area contributed by atoms with E-state index in [4.69, 9.17) is 21.1 Å². The molecule has 0 amide bonds. The van der Waals surface area contributed by atoms with Gasteiger partial charge in [-0.2, -0.15) is 17.2 Å². The summed E-state index contributed by atoms with van der Waals surface area (Å²) in [5, 5.41) is 4.27. The van der Waals surface area contributed by atoms with E-state index in [2.05, 4.69) is 13.4 Å². The highest BCUT2D eigenvalue weighted by atomic mass is 127. The Kier molecular flexibility index (Phi) is 8.68. The first kappa shape index (κ1) is 29.2. The van der Waals surface area contributed by atoms with Gasteiger partial charge in [-0.3, -0.25) is 0 Å². The summed E-state index contributed by atoms with van der Waals surface area (Å²) in [6, 6.07) is 2.37. The number of cyclic esters (lactones) is 1. The average Bonchev–Trinajstić information content (AvgIpc) is 3.39. The second-order valence-electron chi connectivity index (χ2n) is 7.13. The second-order valence-corrected chi connectivity index (χ2v) is 11.4. The molecule has 194 valence electrons. The summed E-state index contributed by atoms with van der Waals surface area (Å²) in [7, 11) is -6.32. The van der Waals surface area contributed by atoms with Crippen LogP contribution in [0.3, 0.4) is 0 Å². The maximum atomic E-state index is 15.6. The Labute approximate surface area is 208 Å². The molecular weight excluding hydrogens is 627 g/mol. The number of alkyl halides is 5. The topological polar surface area (TPSA) is 112 Å². The first-order chi connectivity index (χ1) is 15.6. The Morgan fingerprint density at radius 3 is 1.94 bits per heavy atom. The van der Waals surface area contributed by atoms with Gasteiger partial charge >= 0.3 is 27.1 Å². The van der Waals surface area contributed by atoms with E-state index in [1.54, 1.807) is 13.8 Å². The molecule has 1 fully saturated rings. The van der Waals surface area contributed by atoms with Crippen molar-refractivity contribution in [2.45, 2.75) is 54.4 Å². The number of benzene rings is 1. The third-order valence-corrected chi connectivity index (χ3v) is 9.51. The van der Waals surface area contributed by atoms with Gasteiger partial charge in [0.25, 0.3) is 3.68 Å². The number of carbonyl (C=O) groups excluding carboxylic acids is 1. The van der Waals surface area contributed by atoms with Crippen molar-refractivity contribution in [3.8, 4) is 5.75 Å². The maximum Gasteiger partial charge on any atom is 0.425 e. The molecule has 8 nitrogen and oxygen atoms in total. The molecule has 1 aliphatic heterocycles. The number of aliphatic hydroxyl groups is 1. The largest absolute Gasteiger partial charge is 0.425 e. The molecule has 0 aliphatic carbocycles. The fourth-order valence-electron chi connectivity index (χ4n) is 2.86. The molecule has 1 heterocycles. The van der Waals surface area contributed by atoms with E-state index in [0.29, 0.717) is 0 Å². The Morgan fingerprint density at radius 2 is 1.59 bits per heavy atom. The van der Waals surface area contributed by atoms with Crippen LogP contribution < -0.4 is 4.18 Å². The second kappa shape index (κ2) is 10.1. The van der Waals surface area contributed by atoms with Gasteiger partial charge in [0.05, 0.1) is 13.2 Å². The predicted molar refractivity (Wildman–Crippen MR) is 122 cm³/mol. The van der Waals surface area contributed by atoms with Crippen LogP contribution in [0, 0.1) is 0 Å². The molecule has 0 aromatic heterocycles. The fraction of sp³-hybridized carbons (Fsp3) is 0.579. The molecule has 0 spiro atoms. The summed E-state index contributed by atoms with van der Waals surface area (Å²) in [5.74, 6) is -6.01. The maximum absolute atomic E-state index is 15.6. The molecule has 2 unspecified atom stereocenters. The van der Waals surface area contributed by atoms with E-state index in [9.17, 15) is 18.3 Å². The number of carbonyl (C=O) groups is 1. The van der Waals surface area contributed by atoms with E-state index in [-0.39, 0.29) is 49.5 Å². The van der Waals surface area contributed by atoms with Crippen molar-refractivity contribution >= 4 is 52.9 Å². The zero-order valence-corrected chi connectivity index (χ0v) is 21.9. The van der Waals surface area contributed by atoms with E-state index in [1.165, 1.54) is 12.1 Å². The van der Waals surface area contributed by atoms with Crippen molar-refractivity contribution in [2.24, 2.45) is 0 Å². The first-order valence-corrected chi connectivity index (χ1v) is 14.0. The molecule has 34 heavy (non-hydrogen) atoms. The highest BCUT2D eigenvalue weighted by Gasteiger charge is 2.86. The number of epoxide rings is 1. The molecule has 2 rings (SSSR count). The summed E-state index contributed by atoms with van der Waals surface area (Å²) < 4.78 is 104. The molecule has 1 aromatic carbocycles. The van der Waals surface area contributed by atoms with Crippen LogP contribution in [0.4, 0.5) is 17.6 Å². The minimum Gasteiger partial charge on any atom is -0.413 e. The third kappa shape index (κ3) is 4.81. The minimum atomic E-state index is -6.32. The van der Waals surface area contributed by atoms with Gasteiger partial charge < -0.3 is 23.5 Å². The zero-order chi connectivity index (χ0) is 26.2. The number of ether oxygens (including phenoxy) is 3. The molecule has 1 aromatic rings. The lowest BCUT2D eigenvalue weighted by atomic mass is 9.95. The van der Waals surface area contributed by atoms with Gasteiger partial charge in [-0.25, -0.2) is 13.6 Å². The summed E-state index contributed by atoms with van der Waals surface area (Å²) in [6.07, 6.45) is 0. The van der Waals surface area contributed by atoms with Gasteiger partial charge in [0.1, 0.15) is 0 Å². The van der Waals surface area contributed by atoms with E-state index >= 15 is 17.6 Å². The Balaban J connectivity index is 2.61. The molecule has 0 radical (unpaired) electrons.